The fraction of sp³-hybridized carbons (Fsp3) is 0.778. The Bertz CT molecular complexity index is 165. The Morgan fingerprint density at radius 2 is 2.42 bits per heavy atom. The van der Waals surface area contributed by atoms with Crippen LogP contribution < -0.4 is 0 Å². The Balaban J connectivity index is 2.50. The highest BCUT2D eigenvalue weighted by Crippen LogP contribution is 2.24. The number of aliphatic hydroxyl groups is 2. The molecular weight excluding hydrogens is 156 g/mol. The molecule has 0 saturated carbocycles. The first-order valence-corrected chi connectivity index (χ1v) is 4.38. The molecule has 3 nitrogen and oxygen atoms in total. The van der Waals surface area contributed by atoms with E-state index in [1.165, 1.54) is 0 Å². The molecule has 1 rings (SSSR count). The van der Waals surface area contributed by atoms with E-state index in [0.717, 1.165) is 12.2 Å². The zero-order valence-electron chi connectivity index (χ0n) is 7.36. The molecule has 0 bridgehead atoms. The van der Waals surface area contributed by atoms with Gasteiger partial charge < -0.3 is 14.9 Å². The maximum atomic E-state index is 9.34. The van der Waals surface area contributed by atoms with E-state index >= 15 is 0 Å². The lowest BCUT2D eigenvalue weighted by atomic mass is 9.92. The summed E-state index contributed by atoms with van der Waals surface area (Å²) in [7, 11) is 0. The lowest BCUT2D eigenvalue weighted by Crippen LogP contribution is -2.21. The fourth-order valence-corrected chi connectivity index (χ4v) is 1.49. The van der Waals surface area contributed by atoms with Crippen LogP contribution in [0.5, 0.6) is 0 Å². The van der Waals surface area contributed by atoms with Crippen LogP contribution in [-0.2, 0) is 4.74 Å². The molecule has 1 aliphatic rings. The van der Waals surface area contributed by atoms with Crippen molar-refractivity contribution in [3.05, 3.63) is 11.8 Å². The molecule has 70 valence electrons. The minimum atomic E-state index is -0.447. The molecule has 0 aromatic carbocycles. The Labute approximate surface area is 72.7 Å². The van der Waals surface area contributed by atoms with Crippen molar-refractivity contribution in [2.45, 2.75) is 25.9 Å². The summed E-state index contributed by atoms with van der Waals surface area (Å²) < 4.78 is 5.28. The lowest BCUT2D eigenvalue weighted by Gasteiger charge is -2.23. The van der Waals surface area contributed by atoms with Crippen LogP contribution in [0.25, 0.3) is 0 Å². The molecule has 2 unspecified atom stereocenters. The Morgan fingerprint density at radius 3 is 3.00 bits per heavy atom. The predicted octanol–water partition coefficient (Wildman–Crippen LogP) is 0.670. The summed E-state index contributed by atoms with van der Waals surface area (Å²) in [5, 5.41) is 18.2. The third-order valence-electron chi connectivity index (χ3n) is 2.03. The van der Waals surface area contributed by atoms with Crippen molar-refractivity contribution in [3.63, 3.8) is 0 Å². The molecule has 2 atom stereocenters. The van der Waals surface area contributed by atoms with Crippen LogP contribution >= 0.6 is 0 Å². The fourth-order valence-electron chi connectivity index (χ4n) is 1.49. The van der Waals surface area contributed by atoms with Gasteiger partial charge in [0.15, 0.2) is 0 Å². The van der Waals surface area contributed by atoms with Crippen molar-refractivity contribution in [2.75, 3.05) is 13.2 Å². The van der Waals surface area contributed by atoms with Crippen LogP contribution in [0.3, 0.4) is 0 Å². The Morgan fingerprint density at radius 1 is 1.67 bits per heavy atom. The van der Waals surface area contributed by atoms with E-state index in [-0.39, 0.29) is 12.5 Å². The van der Waals surface area contributed by atoms with E-state index in [1.54, 1.807) is 6.08 Å². The van der Waals surface area contributed by atoms with Gasteiger partial charge in [-0.15, -0.1) is 0 Å². The Hall–Kier alpha value is -0.540. The first kappa shape index (κ1) is 9.55. The average Bonchev–Trinajstić information content (AvgIpc) is 2.04. The summed E-state index contributed by atoms with van der Waals surface area (Å²) in [6.45, 7) is 2.66. The molecule has 2 N–H and O–H groups in total. The molecule has 0 aliphatic heterocycles. The SMILES string of the molecule is CCOC1=CC(O)CC(CO)C1. The van der Waals surface area contributed by atoms with Gasteiger partial charge in [0.2, 0.25) is 0 Å². The number of aliphatic hydroxyl groups excluding tert-OH is 2. The van der Waals surface area contributed by atoms with Crippen LogP contribution in [-0.4, -0.2) is 29.5 Å². The van der Waals surface area contributed by atoms with Crippen LogP contribution in [0.15, 0.2) is 11.8 Å². The summed E-state index contributed by atoms with van der Waals surface area (Å²) in [5.74, 6) is 0.974. The molecule has 0 saturated heterocycles. The van der Waals surface area contributed by atoms with E-state index in [0.29, 0.717) is 13.0 Å². The minimum absolute atomic E-state index is 0.126. The average molecular weight is 172 g/mol. The van der Waals surface area contributed by atoms with Crippen LogP contribution in [0.4, 0.5) is 0 Å². The van der Waals surface area contributed by atoms with Gasteiger partial charge in [-0.2, -0.15) is 0 Å². The van der Waals surface area contributed by atoms with Gasteiger partial charge in [0, 0.05) is 13.0 Å². The number of rotatable bonds is 3. The first-order chi connectivity index (χ1) is 5.76. The third kappa shape index (κ3) is 2.50. The van der Waals surface area contributed by atoms with Crippen molar-refractivity contribution in [1.29, 1.82) is 0 Å². The second-order valence-corrected chi connectivity index (χ2v) is 3.12. The molecule has 0 fully saturated rings. The van der Waals surface area contributed by atoms with Crippen molar-refractivity contribution >= 4 is 0 Å². The topological polar surface area (TPSA) is 49.7 Å². The minimum Gasteiger partial charge on any atom is -0.498 e. The highest BCUT2D eigenvalue weighted by molar-refractivity contribution is 5.04. The van der Waals surface area contributed by atoms with Crippen molar-refractivity contribution in [2.24, 2.45) is 5.92 Å². The monoisotopic (exact) mass is 172 g/mol. The quantitative estimate of drug-likeness (QED) is 0.658. The first-order valence-electron chi connectivity index (χ1n) is 4.38. The number of hydrogen-bond acceptors (Lipinski definition) is 3. The van der Waals surface area contributed by atoms with E-state index in [9.17, 15) is 5.11 Å². The van der Waals surface area contributed by atoms with Gasteiger partial charge in [-0.3, -0.25) is 0 Å². The second-order valence-electron chi connectivity index (χ2n) is 3.12. The molecule has 0 spiro atoms. The molecule has 0 aromatic rings. The largest absolute Gasteiger partial charge is 0.498 e. The van der Waals surface area contributed by atoms with Gasteiger partial charge in [-0.05, 0) is 25.3 Å². The summed E-state index contributed by atoms with van der Waals surface area (Å²) in [6, 6.07) is 0. The number of allylic oxidation sites excluding steroid dienone is 1. The van der Waals surface area contributed by atoms with E-state index in [2.05, 4.69) is 0 Å². The van der Waals surface area contributed by atoms with E-state index < -0.39 is 6.10 Å². The predicted molar refractivity (Wildman–Crippen MR) is 45.5 cm³/mol. The van der Waals surface area contributed by atoms with Crippen LogP contribution in [0.1, 0.15) is 19.8 Å². The molecule has 12 heavy (non-hydrogen) atoms. The number of hydrogen-bond donors (Lipinski definition) is 2. The summed E-state index contributed by atoms with van der Waals surface area (Å²) in [4.78, 5) is 0. The molecule has 0 aromatic heterocycles. The molecule has 3 heteroatoms. The molecule has 1 aliphatic carbocycles. The molecule has 0 amide bonds. The highest BCUT2D eigenvalue weighted by Gasteiger charge is 2.20. The zero-order chi connectivity index (χ0) is 8.97. The van der Waals surface area contributed by atoms with Gasteiger partial charge in [0.25, 0.3) is 0 Å². The van der Waals surface area contributed by atoms with Crippen LogP contribution in [0.2, 0.25) is 0 Å². The van der Waals surface area contributed by atoms with Gasteiger partial charge >= 0.3 is 0 Å². The van der Waals surface area contributed by atoms with Crippen LogP contribution in [0, 0.1) is 5.92 Å². The highest BCUT2D eigenvalue weighted by atomic mass is 16.5. The molecule has 0 heterocycles. The number of ether oxygens (including phenoxy) is 1. The maximum Gasteiger partial charge on any atom is 0.0949 e. The Kier molecular flexibility index (Phi) is 3.56. The molecule has 0 radical (unpaired) electrons. The van der Waals surface area contributed by atoms with E-state index in [1.807, 2.05) is 6.92 Å². The standard InChI is InChI=1S/C9H16O3/c1-2-12-9-4-7(6-10)3-8(11)5-9/h5,7-8,10-11H,2-4,6H2,1H3. The van der Waals surface area contributed by atoms with Gasteiger partial charge in [0.1, 0.15) is 0 Å². The lowest BCUT2D eigenvalue weighted by molar-refractivity contribution is 0.104. The van der Waals surface area contributed by atoms with Gasteiger partial charge in [-0.1, -0.05) is 0 Å². The van der Waals surface area contributed by atoms with Crippen molar-refractivity contribution in [1.82, 2.24) is 0 Å². The van der Waals surface area contributed by atoms with Crippen molar-refractivity contribution < 1.29 is 14.9 Å². The second kappa shape index (κ2) is 4.48. The summed E-state index contributed by atoms with van der Waals surface area (Å²) in [5.41, 5.74) is 0. The summed E-state index contributed by atoms with van der Waals surface area (Å²) in [6.07, 6.45) is 2.68. The zero-order valence-corrected chi connectivity index (χ0v) is 7.36. The smallest absolute Gasteiger partial charge is 0.0949 e. The van der Waals surface area contributed by atoms with Gasteiger partial charge in [-0.25, -0.2) is 0 Å². The maximum absolute atomic E-state index is 9.34. The van der Waals surface area contributed by atoms with Crippen molar-refractivity contribution in [3.8, 4) is 0 Å². The normalized spacial score (nSPS) is 29.8. The van der Waals surface area contributed by atoms with Gasteiger partial charge in [0.05, 0.1) is 18.5 Å². The molecular formula is C9H16O3. The third-order valence-corrected chi connectivity index (χ3v) is 2.03. The van der Waals surface area contributed by atoms with E-state index in [4.69, 9.17) is 9.84 Å². The summed E-state index contributed by atoms with van der Waals surface area (Å²) >= 11 is 0.